The quantitative estimate of drug-likeness (QED) is 0.278. The lowest BCUT2D eigenvalue weighted by Crippen LogP contribution is -2.35. The van der Waals surface area contributed by atoms with Crippen molar-refractivity contribution in [1.29, 1.82) is 0 Å². The second kappa shape index (κ2) is 10.7. The highest BCUT2D eigenvalue weighted by molar-refractivity contribution is 7.23. The molecule has 0 saturated carbocycles. The second-order valence-electron chi connectivity index (χ2n) is 8.52. The molecule has 0 atom stereocenters. The Balaban J connectivity index is 1.49. The number of methoxy groups -OCH3 is 1. The van der Waals surface area contributed by atoms with Crippen LogP contribution in [0.25, 0.3) is 20.8 Å². The Bertz CT molecular complexity index is 1380. The number of unbranched alkanes of at least 4 members (excludes halogenated alkanes) is 1. The summed E-state index contributed by atoms with van der Waals surface area (Å²) in [6.07, 6.45) is 2.33. The van der Waals surface area contributed by atoms with Gasteiger partial charge in [0.05, 0.1) is 30.5 Å². The van der Waals surface area contributed by atoms with Crippen molar-refractivity contribution in [3.63, 3.8) is 0 Å². The van der Waals surface area contributed by atoms with Crippen LogP contribution in [-0.2, 0) is 17.7 Å². The summed E-state index contributed by atoms with van der Waals surface area (Å²) in [7, 11) is 1.39. The number of ether oxygens (including phenoxy) is 2. The van der Waals surface area contributed by atoms with Crippen LogP contribution in [0.3, 0.4) is 0 Å². The number of thiazole rings is 1. The van der Waals surface area contributed by atoms with E-state index >= 15 is 0 Å². The average Bonchev–Trinajstić information content (AvgIpc) is 3.48. The summed E-state index contributed by atoms with van der Waals surface area (Å²) in [4.78, 5) is 33.1. The van der Waals surface area contributed by atoms with Crippen LogP contribution in [0.2, 0.25) is 0 Å². The third-order valence-electron chi connectivity index (χ3n) is 6.09. The van der Waals surface area contributed by atoms with E-state index in [1.807, 2.05) is 30.3 Å². The van der Waals surface area contributed by atoms with E-state index in [0.29, 0.717) is 37.4 Å². The van der Waals surface area contributed by atoms with Crippen molar-refractivity contribution in [2.75, 3.05) is 25.6 Å². The van der Waals surface area contributed by atoms with Crippen LogP contribution in [0, 0.1) is 0 Å². The zero-order valence-corrected chi connectivity index (χ0v) is 21.8. The second-order valence-corrected chi connectivity index (χ2v) is 10.7. The highest BCUT2D eigenvalue weighted by Gasteiger charge is 2.30. The maximum Gasteiger partial charge on any atom is 0.409 e. The number of anilines is 1. The number of fused-ring (bicyclic) bond motifs is 2. The van der Waals surface area contributed by atoms with E-state index in [-0.39, 0.29) is 12.0 Å². The molecule has 2 aromatic heterocycles. The first-order chi connectivity index (χ1) is 17.6. The summed E-state index contributed by atoms with van der Waals surface area (Å²) in [6, 6.07) is 15.3. The van der Waals surface area contributed by atoms with Crippen LogP contribution >= 0.6 is 22.7 Å². The fourth-order valence-electron chi connectivity index (χ4n) is 4.22. The smallest absolute Gasteiger partial charge is 0.409 e. The highest BCUT2D eigenvalue weighted by atomic mass is 32.1. The molecule has 1 aliphatic heterocycles. The number of hydrogen-bond donors (Lipinski definition) is 1. The summed E-state index contributed by atoms with van der Waals surface area (Å²) >= 11 is 3.11. The molecule has 0 saturated heterocycles. The molecule has 4 aromatic rings. The van der Waals surface area contributed by atoms with E-state index in [0.717, 1.165) is 49.1 Å². The first-order valence-corrected chi connectivity index (χ1v) is 13.6. The number of carbonyl (C=O) groups excluding carboxylic acids is 2. The van der Waals surface area contributed by atoms with Gasteiger partial charge in [-0.05, 0) is 48.7 Å². The van der Waals surface area contributed by atoms with Gasteiger partial charge in [-0.15, -0.1) is 22.7 Å². The van der Waals surface area contributed by atoms with Crippen molar-refractivity contribution in [3.8, 4) is 16.3 Å². The highest BCUT2D eigenvalue weighted by Crippen LogP contribution is 2.46. The molecule has 5 rings (SSSR count). The molecule has 2 amide bonds. The van der Waals surface area contributed by atoms with Gasteiger partial charge >= 0.3 is 6.09 Å². The molecule has 0 bridgehead atoms. The zero-order chi connectivity index (χ0) is 25.1. The zero-order valence-electron chi connectivity index (χ0n) is 20.2. The Kier molecular flexibility index (Phi) is 7.20. The number of aromatic nitrogens is 1. The van der Waals surface area contributed by atoms with Gasteiger partial charge in [0.1, 0.15) is 15.8 Å². The van der Waals surface area contributed by atoms with Gasteiger partial charge in [0.25, 0.3) is 5.91 Å². The fourth-order valence-corrected chi connectivity index (χ4v) is 6.59. The molecule has 0 fully saturated rings. The van der Waals surface area contributed by atoms with Crippen molar-refractivity contribution < 1.29 is 19.1 Å². The first-order valence-electron chi connectivity index (χ1n) is 11.9. The molecule has 0 unspecified atom stereocenters. The van der Waals surface area contributed by atoms with Crippen molar-refractivity contribution in [1.82, 2.24) is 9.88 Å². The number of nitrogens with zero attached hydrogens (tertiary/aromatic N) is 2. The summed E-state index contributed by atoms with van der Waals surface area (Å²) in [6.45, 7) is 3.74. The number of benzene rings is 2. The van der Waals surface area contributed by atoms with Gasteiger partial charge in [-0.3, -0.25) is 4.79 Å². The van der Waals surface area contributed by atoms with E-state index < -0.39 is 0 Å². The Labute approximate surface area is 217 Å². The number of carbonyl (C=O) groups is 2. The van der Waals surface area contributed by atoms with Gasteiger partial charge in [0, 0.05) is 22.5 Å². The van der Waals surface area contributed by atoms with Crippen molar-refractivity contribution in [3.05, 3.63) is 64.5 Å². The van der Waals surface area contributed by atoms with Crippen LogP contribution in [-0.4, -0.2) is 42.1 Å². The van der Waals surface area contributed by atoms with Crippen LogP contribution in [0.15, 0.2) is 48.5 Å². The maximum absolute atomic E-state index is 13.3. The number of hydrogen-bond acceptors (Lipinski definition) is 7. The molecule has 0 spiro atoms. The molecule has 2 aromatic carbocycles. The predicted octanol–water partition coefficient (Wildman–Crippen LogP) is 6.58. The molecule has 9 heteroatoms. The molecule has 186 valence electrons. The number of thiophene rings is 1. The molecule has 7 nitrogen and oxygen atoms in total. The van der Waals surface area contributed by atoms with Crippen LogP contribution in [0.4, 0.5) is 9.80 Å². The molecule has 1 aliphatic rings. The molecular formula is C27H27N3O4S2. The third kappa shape index (κ3) is 4.94. The minimum absolute atomic E-state index is 0.207. The monoisotopic (exact) mass is 521 g/mol. The Hall–Kier alpha value is -3.43. The topological polar surface area (TPSA) is 80.8 Å². The predicted molar refractivity (Wildman–Crippen MR) is 144 cm³/mol. The Morgan fingerprint density at radius 1 is 1.14 bits per heavy atom. The lowest BCUT2D eigenvalue weighted by molar-refractivity contribution is 0.102. The van der Waals surface area contributed by atoms with Crippen molar-refractivity contribution in [2.24, 2.45) is 0 Å². The van der Waals surface area contributed by atoms with E-state index in [4.69, 9.17) is 14.5 Å². The average molecular weight is 522 g/mol. The van der Waals surface area contributed by atoms with E-state index in [1.165, 1.54) is 18.4 Å². The minimum Gasteiger partial charge on any atom is -0.494 e. The van der Waals surface area contributed by atoms with E-state index in [1.54, 1.807) is 28.4 Å². The third-order valence-corrected chi connectivity index (χ3v) is 8.27. The lowest BCUT2D eigenvalue weighted by atomic mass is 10.0. The summed E-state index contributed by atoms with van der Waals surface area (Å²) in [5.74, 6) is 0.475. The Morgan fingerprint density at radius 3 is 2.81 bits per heavy atom. The summed E-state index contributed by atoms with van der Waals surface area (Å²) < 4.78 is 11.8. The maximum atomic E-state index is 13.3. The van der Waals surface area contributed by atoms with Crippen molar-refractivity contribution >= 4 is 49.9 Å². The van der Waals surface area contributed by atoms with Crippen LogP contribution in [0.5, 0.6) is 5.75 Å². The SMILES string of the molecule is CCCCOc1cccc(C(=O)Nc2sc3c(c2-c2nc4ccccc4s2)CCN(C(=O)OC)C3)c1. The molecule has 3 heterocycles. The standard InChI is InChI=1S/C27H27N3O4S2/c1-3-4-14-34-18-9-7-8-17(15-18)24(31)29-26-23(25-28-20-10-5-6-11-21(20)35-25)19-12-13-30(27(32)33-2)16-22(19)36-26/h5-11,15H,3-4,12-14,16H2,1-2H3,(H,29,31). The molecular weight excluding hydrogens is 494 g/mol. The lowest BCUT2D eigenvalue weighted by Gasteiger charge is -2.25. The van der Waals surface area contributed by atoms with Gasteiger partial charge in [0.2, 0.25) is 0 Å². The summed E-state index contributed by atoms with van der Waals surface area (Å²) in [5, 5.41) is 4.75. The van der Waals surface area contributed by atoms with E-state index in [9.17, 15) is 9.59 Å². The van der Waals surface area contributed by atoms with Gasteiger partial charge in [-0.2, -0.15) is 0 Å². The number of amides is 2. The van der Waals surface area contributed by atoms with Crippen LogP contribution < -0.4 is 10.1 Å². The number of para-hydroxylation sites is 1. The van der Waals surface area contributed by atoms with Crippen molar-refractivity contribution in [2.45, 2.75) is 32.7 Å². The largest absolute Gasteiger partial charge is 0.494 e. The van der Waals surface area contributed by atoms with E-state index in [2.05, 4.69) is 18.3 Å². The fraction of sp³-hybridized carbons (Fsp3) is 0.296. The number of rotatable bonds is 7. The normalized spacial score (nSPS) is 12.9. The number of nitrogens with one attached hydrogen (secondary N) is 1. The van der Waals surface area contributed by atoms with Gasteiger partial charge in [-0.25, -0.2) is 9.78 Å². The summed E-state index contributed by atoms with van der Waals surface area (Å²) in [5.41, 5.74) is 3.54. The molecule has 1 N–H and O–H groups in total. The Morgan fingerprint density at radius 2 is 2.00 bits per heavy atom. The van der Waals surface area contributed by atoms with Gasteiger partial charge in [-0.1, -0.05) is 31.5 Å². The van der Waals surface area contributed by atoms with Gasteiger partial charge in [0.15, 0.2) is 0 Å². The van der Waals surface area contributed by atoms with Gasteiger partial charge < -0.3 is 19.7 Å². The van der Waals surface area contributed by atoms with Crippen LogP contribution in [0.1, 0.15) is 40.6 Å². The molecule has 0 aliphatic carbocycles. The minimum atomic E-state index is -0.346. The molecule has 0 radical (unpaired) electrons. The molecule has 36 heavy (non-hydrogen) atoms. The first kappa shape index (κ1) is 24.3.